The van der Waals surface area contributed by atoms with Crippen LogP contribution < -0.4 is 9.46 Å². The number of rotatable bonds is 7. The number of carbonyl (C=O) groups excluding carboxylic acids is 1. The molecule has 1 aliphatic rings. The van der Waals surface area contributed by atoms with Gasteiger partial charge in [0.25, 0.3) is 0 Å². The number of hydrogen-bond acceptors (Lipinski definition) is 6. The Morgan fingerprint density at radius 1 is 1.16 bits per heavy atom. The quantitative estimate of drug-likeness (QED) is 0.585. The molecule has 2 aromatic carbocycles. The number of para-hydroxylation sites is 1. The first-order valence-electron chi connectivity index (χ1n) is 10.2. The van der Waals surface area contributed by atoms with Crippen molar-refractivity contribution >= 4 is 37.5 Å². The van der Waals surface area contributed by atoms with Crippen LogP contribution in [0.15, 0.2) is 53.4 Å². The molecule has 4 rings (SSSR count). The van der Waals surface area contributed by atoms with E-state index in [-0.39, 0.29) is 23.8 Å². The minimum absolute atomic E-state index is 0.0276. The maximum absolute atomic E-state index is 12.5. The second-order valence-corrected chi connectivity index (χ2v) is 10.3. The number of methoxy groups -OCH3 is 1. The molecule has 1 amide bonds. The van der Waals surface area contributed by atoms with Gasteiger partial charge in [-0.1, -0.05) is 12.1 Å². The summed E-state index contributed by atoms with van der Waals surface area (Å²) in [4.78, 5) is 19.3. The smallest absolute Gasteiger partial charge is 0.240 e. The highest BCUT2D eigenvalue weighted by Crippen LogP contribution is 2.33. The Kier molecular flexibility index (Phi) is 6.54. The van der Waals surface area contributed by atoms with Crippen LogP contribution in [0, 0.1) is 0 Å². The molecule has 7 nitrogen and oxygen atoms in total. The zero-order valence-corrected chi connectivity index (χ0v) is 18.9. The lowest BCUT2D eigenvalue weighted by atomic mass is 9.97. The molecule has 2 heterocycles. The molecule has 3 aromatic rings. The highest BCUT2D eigenvalue weighted by molar-refractivity contribution is 7.89. The molecule has 1 aromatic heterocycles. The monoisotopic (exact) mass is 459 g/mol. The average Bonchev–Trinajstić information content (AvgIpc) is 3.23. The summed E-state index contributed by atoms with van der Waals surface area (Å²) in [6, 6.07) is 14.3. The van der Waals surface area contributed by atoms with Gasteiger partial charge in [0.05, 0.1) is 27.2 Å². The highest BCUT2D eigenvalue weighted by atomic mass is 32.2. The van der Waals surface area contributed by atoms with Crippen molar-refractivity contribution in [1.82, 2.24) is 14.6 Å². The lowest BCUT2D eigenvalue weighted by molar-refractivity contribution is -0.132. The number of benzene rings is 2. The number of likely N-dealkylation sites (tertiary alicyclic amines) is 1. The van der Waals surface area contributed by atoms with Crippen LogP contribution >= 0.6 is 11.3 Å². The summed E-state index contributed by atoms with van der Waals surface area (Å²) in [7, 11) is -2.13. The summed E-state index contributed by atoms with van der Waals surface area (Å²) >= 11 is 1.73. The van der Waals surface area contributed by atoms with Gasteiger partial charge in [-0.05, 0) is 49.2 Å². The van der Waals surface area contributed by atoms with Gasteiger partial charge in [0.1, 0.15) is 5.75 Å². The Labute approximate surface area is 186 Å². The topological polar surface area (TPSA) is 88.6 Å². The van der Waals surface area contributed by atoms with Crippen molar-refractivity contribution in [2.75, 3.05) is 26.7 Å². The maximum Gasteiger partial charge on any atom is 0.240 e. The third-order valence-corrected chi connectivity index (χ3v) is 8.18. The summed E-state index contributed by atoms with van der Waals surface area (Å²) in [6.45, 7) is 1.42. The van der Waals surface area contributed by atoms with Gasteiger partial charge in [-0.25, -0.2) is 18.1 Å². The molecule has 0 atom stereocenters. The van der Waals surface area contributed by atoms with Gasteiger partial charge in [-0.3, -0.25) is 4.79 Å². The fraction of sp³-hybridized carbons (Fsp3) is 0.364. The standard InChI is InChI=1S/C22H25N3O4S2/c1-29-17-6-8-18(9-7-17)31(27,28)23-13-10-21(26)25-14-11-16(12-15-25)22-24-19-4-2-3-5-20(19)30-22/h2-9,16,23H,10-15H2,1H3. The summed E-state index contributed by atoms with van der Waals surface area (Å²) in [5.74, 6) is 0.929. The van der Waals surface area contributed by atoms with Crippen molar-refractivity contribution in [2.45, 2.75) is 30.1 Å². The summed E-state index contributed by atoms with van der Waals surface area (Å²) in [5.41, 5.74) is 1.03. The number of aromatic nitrogens is 1. The number of piperidine rings is 1. The van der Waals surface area contributed by atoms with Gasteiger partial charge < -0.3 is 9.64 Å². The number of nitrogens with one attached hydrogen (secondary N) is 1. The van der Waals surface area contributed by atoms with Gasteiger partial charge in [0, 0.05) is 32.0 Å². The highest BCUT2D eigenvalue weighted by Gasteiger charge is 2.26. The van der Waals surface area contributed by atoms with Crippen LogP contribution in [0.1, 0.15) is 30.2 Å². The summed E-state index contributed by atoms with van der Waals surface area (Å²) in [6.07, 6.45) is 1.90. The van der Waals surface area contributed by atoms with Crippen LogP contribution in [-0.4, -0.2) is 51.0 Å². The molecule has 31 heavy (non-hydrogen) atoms. The molecule has 0 saturated carbocycles. The van der Waals surface area contributed by atoms with Crippen molar-refractivity contribution in [2.24, 2.45) is 0 Å². The molecule has 0 radical (unpaired) electrons. The van der Waals surface area contributed by atoms with Crippen LogP contribution in [0.4, 0.5) is 0 Å². The Bertz CT molecular complexity index is 1120. The van der Waals surface area contributed by atoms with E-state index in [0.717, 1.165) is 23.4 Å². The zero-order valence-electron chi connectivity index (χ0n) is 17.3. The maximum atomic E-state index is 12.5. The van der Waals surface area contributed by atoms with Crippen LogP contribution in [0.25, 0.3) is 10.2 Å². The SMILES string of the molecule is COc1ccc(S(=O)(=O)NCCC(=O)N2CCC(c3nc4ccccc4s3)CC2)cc1. The molecule has 1 aliphatic heterocycles. The molecule has 1 saturated heterocycles. The molecule has 164 valence electrons. The number of nitrogens with zero attached hydrogens (tertiary/aromatic N) is 2. The molecular weight excluding hydrogens is 434 g/mol. The summed E-state index contributed by atoms with van der Waals surface area (Å²) in [5, 5.41) is 1.14. The van der Waals surface area contributed by atoms with E-state index in [2.05, 4.69) is 10.8 Å². The Balaban J connectivity index is 1.26. The van der Waals surface area contributed by atoms with Gasteiger partial charge in [0.15, 0.2) is 0 Å². The first-order valence-corrected chi connectivity index (χ1v) is 12.5. The molecule has 0 spiro atoms. The minimum atomic E-state index is -3.65. The minimum Gasteiger partial charge on any atom is -0.497 e. The zero-order chi connectivity index (χ0) is 21.8. The molecule has 1 fully saturated rings. The third kappa shape index (κ3) is 5.06. The molecule has 0 unspecified atom stereocenters. The van der Waals surface area contributed by atoms with E-state index < -0.39 is 10.0 Å². The second-order valence-electron chi connectivity index (χ2n) is 7.50. The second kappa shape index (κ2) is 9.33. The van der Waals surface area contributed by atoms with E-state index in [1.54, 1.807) is 23.5 Å². The first kappa shape index (κ1) is 21.7. The first-order chi connectivity index (χ1) is 15.0. The fourth-order valence-electron chi connectivity index (χ4n) is 3.73. The molecule has 0 aliphatic carbocycles. The predicted octanol–water partition coefficient (Wildman–Crippen LogP) is 3.38. The normalized spacial score (nSPS) is 15.3. The Morgan fingerprint density at radius 2 is 1.87 bits per heavy atom. The van der Waals surface area contributed by atoms with E-state index in [4.69, 9.17) is 9.72 Å². The number of sulfonamides is 1. The molecule has 1 N–H and O–H groups in total. The molecule has 9 heteroatoms. The largest absolute Gasteiger partial charge is 0.497 e. The van der Waals surface area contributed by atoms with Crippen molar-refractivity contribution < 1.29 is 17.9 Å². The van der Waals surface area contributed by atoms with Crippen molar-refractivity contribution in [3.8, 4) is 5.75 Å². The predicted molar refractivity (Wildman–Crippen MR) is 121 cm³/mol. The number of fused-ring (bicyclic) bond motifs is 1. The van der Waals surface area contributed by atoms with E-state index >= 15 is 0 Å². The molecular formula is C22H25N3O4S2. The lowest BCUT2D eigenvalue weighted by Crippen LogP contribution is -2.39. The summed E-state index contributed by atoms with van der Waals surface area (Å²) < 4.78 is 33.5. The molecule has 0 bridgehead atoms. The van der Waals surface area contributed by atoms with Crippen LogP contribution in [0.2, 0.25) is 0 Å². The van der Waals surface area contributed by atoms with Crippen LogP contribution in [0.5, 0.6) is 5.75 Å². The number of amides is 1. The van der Waals surface area contributed by atoms with Crippen LogP contribution in [0.3, 0.4) is 0 Å². The van der Waals surface area contributed by atoms with Crippen LogP contribution in [-0.2, 0) is 14.8 Å². The number of carbonyl (C=O) groups is 1. The van der Waals surface area contributed by atoms with E-state index in [1.165, 1.54) is 23.9 Å². The number of thiazole rings is 1. The van der Waals surface area contributed by atoms with Gasteiger partial charge in [-0.15, -0.1) is 11.3 Å². The van der Waals surface area contributed by atoms with Crippen molar-refractivity contribution in [1.29, 1.82) is 0 Å². The van der Waals surface area contributed by atoms with E-state index in [1.807, 2.05) is 23.1 Å². The van der Waals surface area contributed by atoms with Gasteiger partial charge >= 0.3 is 0 Å². The number of hydrogen-bond donors (Lipinski definition) is 1. The van der Waals surface area contributed by atoms with Gasteiger partial charge in [0.2, 0.25) is 15.9 Å². The average molecular weight is 460 g/mol. The van der Waals surface area contributed by atoms with E-state index in [9.17, 15) is 13.2 Å². The lowest BCUT2D eigenvalue weighted by Gasteiger charge is -2.31. The van der Waals surface area contributed by atoms with Crippen molar-refractivity contribution in [3.63, 3.8) is 0 Å². The number of ether oxygens (including phenoxy) is 1. The van der Waals surface area contributed by atoms with Crippen molar-refractivity contribution in [3.05, 3.63) is 53.5 Å². The van der Waals surface area contributed by atoms with Gasteiger partial charge in [-0.2, -0.15) is 0 Å². The fourth-order valence-corrected chi connectivity index (χ4v) is 5.90. The Hall–Kier alpha value is -2.49. The third-order valence-electron chi connectivity index (χ3n) is 5.51. The Morgan fingerprint density at radius 3 is 2.55 bits per heavy atom. The van der Waals surface area contributed by atoms with E-state index in [0.29, 0.717) is 24.8 Å².